The molecule has 5 saturated carbocycles. The summed E-state index contributed by atoms with van der Waals surface area (Å²) in [7, 11) is 0. The van der Waals surface area contributed by atoms with E-state index < -0.39 is 0 Å². The van der Waals surface area contributed by atoms with E-state index in [1.54, 1.807) is 0 Å². The highest BCUT2D eigenvalue weighted by Gasteiger charge is 2.56. The molecule has 7 rings (SSSR count). The third-order valence-corrected chi connectivity index (χ3v) is 10.4. The number of nitrogens with zero attached hydrogens (tertiary/aromatic N) is 1. The van der Waals surface area contributed by atoms with Crippen molar-refractivity contribution >= 4 is 17.7 Å². The molecule has 1 aromatic rings. The van der Waals surface area contributed by atoms with E-state index in [2.05, 4.69) is 15.5 Å². The SMILES string of the molecule is Cc1ccccc1C(=O)N[C@@H]1CCCC[C@H]1NC(=O)C1CCCN(C(=O)C23CC4CC(CC(C4)C2)C3)C1. The van der Waals surface area contributed by atoms with Crippen molar-refractivity contribution in [3.63, 3.8) is 0 Å². The third-order valence-electron chi connectivity index (χ3n) is 10.4. The minimum atomic E-state index is -0.152. The van der Waals surface area contributed by atoms with Crippen molar-refractivity contribution in [2.45, 2.75) is 96.1 Å². The first-order chi connectivity index (χ1) is 17.9. The quantitative estimate of drug-likeness (QED) is 0.614. The van der Waals surface area contributed by atoms with E-state index in [1.807, 2.05) is 31.2 Å². The summed E-state index contributed by atoms with van der Waals surface area (Å²) in [5, 5.41) is 6.53. The number of aryl methyl sites for hydroxylation is 1. The molecule has 200 valence electrons. The first-order valence-corrected chi connectivity index (χ1v) is 14.9. The van der Waals surface area contributed by atoms with Crippen LogP contribution >= 0.6 is 0 Å². The number of benzene rings is 1. The monoisotopic (exact) mass is 505 g/mol. The van der Waals surface area contributed by atoms with E-state index in [-0.39, 0.29) is 35.2 Å². The molecule has 6 heteroatoms. The number of rotatable bonds is 5. The fraction of sp³-hybridized carbons (Fsp3) is 0.710. The summed E-state index contributed by atoms with van der Waals surface area (Å²) in [6.07, 6.45) is 12.8. The molecule has 3 atom stereocenters. The van der Waals surface area contributed by atoms with E-state index in [9.17, 15) is 14.4 Å². The number of likely N-dealkylation sites (tertiary alicyclic amines) is 1. The van der Waals surface area contributed by atoms with Crippen LogP contribution in [-0.2, 0) is 9.59 Å². The molecular weight excluding hydrogens is 462 g/mol. The Morgan fingerprint density at radius 1 is 0.838 bits per heavy atom. The maximum atomic E-state index is 13.9. The Morgan fingerprint density at radius 2 is 1.46 bits per heavy atom. The van der Waals surface area contributed by atoms with Crippen molar-refractivity contribution < 1.29 is 14.4 Å². The number of carbonyl (C=O) groups is 3. The minimum absolute atomic E-state index is 0.0524. The zero-order chi connectivity index (χ0) is 25.6. The zero-order valence-corrected chi connectivity index (χ0v) is 22.3. The average Bonchev–Trinajstić information content (AvgIpc) is 2.89. The summed E-state index contributed by atoms with van der Waals surface area (Å²) < 4.78 is 0. The van der Waals surface area contributed by atoms with Gasteiger partial charge >= 0.3 is 0 Å². The molecule has 1 heterocycles. The topological polar surface area (TPSA) is 78.5 Å². The van der Waals surface area contributed by atoms with Gasteiger partial charge < -0.3 is 15.5 Å². The highest BCUT2D eigenvalue weighted by molar-refractivity contribution is 5.95. The molecule has 37 heavy (non-hydrogen) atoms. The van der Waals surface area contributed by atoms with E-state index >= 15 is 0 Å². The standard InChI is InChI=1S/C31H43N3O3/c1-20-7-2-3-9-25(20)29(36)33-27-11-5-4-10-26(27)32-28(35)24-8-6-12-34(19-24)30(37)31-16-21-13-22(17-31)15-23(14-21)18-31/h2-3,7,9,21-24,26-27H,4-6,8,10-19H2,1H3,(H,32,35)(H,33,36)/t21?,22?,23?,24?,26-,27-,31?/m1/s1. The minimum Gasteiger partial charge on any atom is -0.351 e. The summed E-state index contributed by atoms with van der Waals surface area (Å²) >= 11 is 0. The number of hydrogen-bond acceptors (Lipinski definition) is 3. The molecule has 0 aromatic heterocycles. The van der Waals surface area contributed by atoms with Gasteiger partial charge in [-0.2, -0.15) is 0 Å². The van der Waals surface area contributed by atoms with Crippen LogP contribution in [0.25, 0.3) is 0 Å². The van der Waals surface area contributed by atoms with Crippen molar-refractivity contribution in [1.29, 1.82) is 0 Å². The summed E-state index contributed by atoms with van der Waals surface area (Å²) in [6.45, 7) is 3.30. The Kier molecular flexibility index (Phi) is 6.79. The Morgan fingerprint density at radius 3 is 2.11 bits per heavy atom. The number of carbonyl (C=O) groups excluding carboxylic acids is 3. The van der Waals surface area contributed by atoms with Crippen LogP contribution in [0.1, 0.15) is 93.0 Å². The van der Waals surface area contributed by atoms with Gasteiger partial charge in [0, 0.05) is 30.7 Å². The lowest BCUT2D eigenvalue weighted by Gasteiger charge is -2.57. The summed E-state index contributed by atoms with van der Waals surface area (Å²) in [4.78, 5) is 42.4. The average molecular weight is 506 g/mol. The van der Waals surface area contributed by atoms with Gasteiger partial charge in [-0.1, -0.05) is 31.0 Å². The molecule has 1 aliphatic heterocycles. The van der Waals surface area contributed by atoms with E-state index in [1.165, 1.54) is 19.3 Å². The molecule has 6 fully saturated rings. The van der Waals surface area contributed by atoms with Crippen molar-refractivity contribution in [3.05, 3.63) is 35.4 Å². The first-order valence-electron chi connectivity index (χ1n) is 14.9. The van der Waals surface area contributed by atoms with E-state index in [4.69, 9.17) is 0 Å². The van der Waals surface area contributed by atoms with Crippen LogP contribution in [0.5, 0.6) is 0 Å². The predicted molar refractivity (Wildman–Crippen MR) is 143 cm³/mol. The number of amides is 3. The Bertz CT molecular complexity index is 1020. The molecule has 0 spiro atoms. The normalized spacial score (nSPS) is 36.7. The Labute approximate surface area is 221 Å². The van der Waals surface area contributed by atoms with Gasteiger partial charge in [0.1, 0.15) is 0 Å². The molecule has 3 amide bonds. The van der Waals surface area contributed by atoms with Gasteiger partial charge in [0.15, 0.2) is 0 Å². The van der Waals surface area contributed by atoms with E-state index in [0.717, 1.165) is 87.6 Å². The second-order valence-electron chi connectivity index (χ2n) is 13.1. The zero-order valence-electron chi connectivity index (χ0n) is 22.3. The van der Waals surface area contributed by atoms with Crippen LogP contribution in [0.3, 0.4) is 0 Å². The highest BCUT2D eigenvalue weighted by Crippen LogP contribution is 2.60. The molecule has 1 saturated heterocycles. The molecule has 1 unspecified atom stereocenters. The molecule has 0 radical (unpaired) electrons. The van der Waals surface area contributed by atoms with Gasteiger partial charge in [-0.25, -0.2) is 0 Å². The molecule has 6 nitrogen and oxygen atoms in total. The summed E-state index contributed by atoms with van der Waals surface area (Å²) in [6, 6.07) is 7.54. The smallest absolute Gasteiger partial charge is 0.251 e. The molecule has 2 N–H and O–H groups in total. The number of piperidine rings is 1. The maximum Gasteiger partial charge on any atom is 0.251 e. The fourth-order valence-electron chi connectivity index (χ4n) is 8.93. The van der Waals surface area contributed by atoms with Gasteiger partial charge in [-0.15, -0.1) is 0 Å². The van der Waals surface area contributed by atoms with E-state index in [0.29, 0.717) is 18.0 Å². The van der Waals surface area contributed by atoms with Gasteiger partial charge in [0.2, 0.25) is 11.8 Å². The largest absolute Gasteiger partial charge is 0.351 e. The fourth-order valence-corrected chi connectivity index (χ4v) is 8.93. The van der Waals surface area contributed by atoms with Crippen LogP contribution < -0.4 is 10.6 Å². The van der Waals surface area contributed by atoms with Gasteiger partial charge in [-0.3, -0.25) is 14.4 Å². The van der Waals surface area contributed by atoms with Gasteiger partial charge in [-0.05, 0) is 101 Å². The Balaban J connectivity index is 1.08. The summed E-state index contributed by atoms with van der Waals surface area (Å²) in [5.41, 5.74) is 1.52. The molecule has 1 aromatic carbocycles. The number of hydrogen-bond donors (Lipinski definition) is 2. The second kappa shape index (κ2) is 10.1. The molecule has 5 aliphatic carbocycles. The lowest BCUT2D eigenvalue weighted by Crippen LogP contribution is -2.58. The van der Waals surface area contributed by atoms with Gasteiger partial charge in [0.25, 0.3) is 5.91 Å². The molecule has 4 bridgehead atoms. The van der Waals surface area contributed by atoms with Crippen molar-refractivity contribution in [2.24, 2.45) is 29.1 Å². The molecule has 6 aliphatic rings. The lowest BCUT2D eigenvalue weighted by molar-refractivity contribution is -0.160. The van der Waals surface area contributed by atoms with Crippen LogP contribution in [0, 0.1) is 36.0 Å². The lowest BCUT2D eigenvalue weighted by atomic mass is 9.49. The second-order valence-corrected chi connectivity index (χ2v) is 13.1. The third kappa shape index (κ3) is 4.93. The number of nitrogens with one attached hydrogen (secondary N) is 2. The summed E-state index contributed by atoms with van der Waals surface area (Å²) in [5.74, 6) is 2.44. The van der Waals surface area contributed by atoms with Crippen molar-refractivity contribution in [3.8, 4) is 0 Å². The maximum absolute atomic E-state index is 13.9. The first kappa shape index (κ1) is 24.9. The van der Waals surface area contributed by atoms with Gasteiger partial charge in [0.05, 0.1) is 11.3 Å². The van der Waals surface area contributed by atoms with Crippen LogP contribution in [0.15, 0.2) is 24.3 Å². The highest BCUT2D eigenvalue weighted by atomic mass is 16.2. The van der Waals surface area contributed by atoms with Crippen LogP contribution in [0.2, 0.25) is 0 Å². The molecular formula is C31H43N3O3. The van der Waals surface area contributed by atoms with Crippen molar-refractivity contribution in [1.82, 2.24) is 15.5 Å². The van der Waals surface area contributed by atoms with Crippen molar-refractivity contribution in [2.75, 3.05) is 13.1 Å². The Hall–Kier alpha value is -2.37. The predicted octanol–water partition coefficient (Wildman–Crippen LogP) is 4.61. The van der Waals surface area contributed by atoms with Crippen LogP contribution in [-0.4, -0.2) is 47.8 Å². The van der Waals surface area contributed by atoms with Crippen LogP contribution in [0.4, 0.5) is 0 Å².